The summed E-state index contributed by atoms with van der Waals surface area (Å²) >= 11 is 1.19. The fourth-order valence-corrected chi connectivity index (χ4v) is 2.22. The van der Waals surface area contributed by atoms with Crippen molar-refractivity contribution in [2.24, 2.45) is 0 Å². The number of methoxy groups -OCH3 is 1. The number of carbonyl (C=O) groups is 1. The van der Waals surface area contributed by atoms with Crippen molar-refractivity contribution < 1.29 is 14.6 Å². The Balaban J connectivity index is 2.82. The fourth-order valence-electron chi connectivity index (χ4n) is 1.41. The summed E-state index contributed by atoms with van der Waals surface area (Å²) in [6.07, 6.45) is 0.676. The molecular formula is C10H17N3O3S. The molecule has 1 heterocycles. The van der Waals surface area contributed by atoms with Crippen LogP contribution >= 0.6 is 11.8 Å². The first-order valence-corrected chi connectivity index (χ1v) is 6.32. The number of aromatic nitrogens is 3. The number of rotatable bonds is 7. The van der Waals surface area contributed by atoms with Gasteiger partial charge in [0.1, 0.15) is 5.82 Å². The topological polar surface area (TPSA) is 77.2 Å². The van der Waals surface area contributed by atoms with Crippen molar-refractivity contribution in [3.8, 4) is 0 Å². The molecule has 1 aromatic heterocycles. The Morgan fingerprint density at radius 1 is 1.53 bits per heavy atom. The molecule has 0 saturated heterocycles. The first-order chi connectivity index (χ1) is 8.06. The van der Waals surface area contributed by atoms with Gasteiger partial charge in [0.05, 0.1) is 12.4 Å². The first-order valence-electron chi connectivity index (χ1n) is 5.33. The zero-order valence-electron chi connectivity index (χ0n) is 10.2. The molecule has 0 aliphatic heterocycles. The van der Waals surface area contributed by atoms with Crippen LogP contribution in [-0.2, 0) is 16.0 Å². The molecule has 0 aliphatic rings. The molecule has 0 radical (unpaired) electrons. The molecule has 0 aromatic carbocycles. The van der Waals surface area contributed by atoms with Crippen LogP contribution in [0.2, 0.25) is 0 Å². The predicted molar refractivity (Wildman–Crippen MR) is 64.3 cm³/mol. The highest BCUT2D eigenvalue weighted by Gasteiger charge is 2.15. The SMILES string of the molecule is COCCc1nnc(SCC(=O)O)n1C(C)C. The van der Waals surface area contributed by atoms with Crippen molar-refractivity contribution in [2.75, 3.05) is 19.5 Å². The minimum absolute atomic E-state index is 0.00483. The van der Waals surface area contributed by atoms with E-state index in [1.807, 2.05) is 18.4 Å². The highest BCUT2D eigenvalue weighted by atomic mass is 32.2. The Morgan fingerprint density at radius 3 is 2.76 bits per heavy atom. The van der Waals surface area contributed by atoms with Crippen molar-refractivity contribution in [3.63, 3.8) is 0 Å². The zero-order valence-corrected chi connectivity index (χ0v) is 11.0. The first kappa shape index (κ1) is 14.0. The van der Waals surface area contributed by atoms with Crippen LogP contribution < -0.4 is 0 Å². The third kappa shape index (κ3) is 4.01. The Hall–Kier alpha value is -1.08. The van der Waals surface area contributed by atoms with Gasteiger partial charge in [0.2, 0.25) is 0 Å². The van der Waals surface area contributed by atoms with Gasteiger partial charge in [-0.15, -0.1) is 10.2 Å². The van der Waals surface area contributed by atoms with E-state index in [-0.39, 0.29) is 11.8 Å². The second kappa shape index (κ2) is 6.61. The summed E-state index contributed by atoms with van der Waals surface area (Å²) in [5.74, 6) is -0.0312. The molecule has 1 aromatic rings. The number of carboxylic acids is 1. The van der Waals surface area contributed by atoms with E-state index in [0.717, 1.165) is 5.82 Å². The number of hydrogen-bond acceptors (Lipinski definition) is 5. The molecule has 0 spiro atoms. The van der Waals surface area contributed by atoms with Crippen LogP contribution in [0.4, 0.5) is 0 Å². The number of hydrogen-bond donors (Lipinski definition) is 1. The quantitative estimate of drug-likeness (QED) is 0.742. The van der Waals surface area contributed by atoms with Crippen LogP contribution in [-0.4, -0.2) is 45.3 Å². The smallest absolute Gasteiger partial charge is 0.313 e. The van der Waals surface area contributed by atoms with Crippen LogP contribution in [0.5, 0.6) is 0 Å². The van der Waals surface area contributed by atoms with Gasteiger partial charge in [0.25, 0.3) is 0 Å². The van der Waals surface area contributed by atoms with Crippen molar-refractivity contribution in [3.05, 3.63) is 5.82 Å². The van der Waals surface area contributed by atoms with E-state index in [4.69, 9.17) is 9.84 Å². The number of aliphatic carboxylic acids is 1. The monoisotopic (exact) mass is 259 g/mol. The summed E-state index contributed by atoms with van der Waals surface area (Å²) in [4.78, 5) is 10.5. The van der Waals surface area contributed by atoms with E-state index in [1.54, 1.807) is 7.11 Å². The summed E-state index contributed by atoms with van der Waals surface area (Å²) < 4.78 is 6.96. The predicted octanol–water partition coefficient (Wildman–Crippen LogP) is 1.22. The Labute approximate surface area is 104 Å². The molecule has 0 aliphatic carbocycles. The molecule has 0 saturated carbocycles. The summed E-state index contributed by atoms with van der Waals surface area (Å²) in [6.45, 7) is 4.61. The highest BCUT2D eigenvalue weighted by Crippen LogP contribution is 2.21. The summed E-state index contributed by atoms with van der Waals surface area (Å²) in [6, 6.07) is 0.202. The lowest BCUT2D eigenvalue weighted by Gasteiger charge is -2.12. The lowest BCUT2D eigenvalue weighted by atomic mass is 10.3. The largest absolute Gasteiger partial charge is 0.481 e. The van der Waals surface area contributed by atoms with E-state index in [1.165, 1.54) is 11.8 Å². The molecule has 1 rings (SSSR count). The number of thioether (sulfide) groups is 1. The van der Waals surface area contributed by atoms with Gasteiger partial charge in [0, 0.05) is 19.6 Å². The van der Waals surface area contributed by atoms with Crippen molar-refractivity contribution in [2.45, 2.75) is 31.5 Å². The molecule has 0 amide bonds. The Bertz CT molecular complexity index is 379. The van der Waals surface area contributed by atoms with E-state index in [0.29, 0.717) is 18.2 Å². The van der Waals surface area contributed by atoms with Crippen LogP contribution in [0.3, 0.4) is 0 Å². The van der Waals surface area contributed by atoms with Gasteiger partial charge in [-0.05, 0) is 13.8 Å². The number of nitrogens with zero attached hydrogens (tertiary/aromatic N) is 3. The average Bonchev–Trinajstić information content (AvgIpc) is 2.66. The second-order valence-electron chi connectivity index (χ2n) is 3.79. The molecule has 1 N–H and O–H groups in total. The van der Waals surface area contributed by atoms with Gasteiger partial charge < -0.3 is 14.4 Å². The van der Waals surface area contributed by atoms with Crippen molar-refractivity contribution in [1.82, 2.24) is 14.8 Å². The molecular weight excluding hydrogens is 242 g/mol. The van der Waals surface area contributed by atoms with Gasteiger partial charge in [-0.1, -0.05) is 11.8 Å². The Morgan fingerprint density at radius 2 is 2.24 bits per heavy atom. The lowest BCUT2D eigenvalue weighted by Crippen LogP contribution is -2.10. The van der Waals surface area contributed by atoms with Gasteiger partial charge in [0.15, 0.2) is 5.16 Å². The zero-order chi connectivity index (χ0) is 12.8. The second-order valence-corrected chi connectivity index (χ2v) is 4.73. The third-order valence-corrected chi connectivity index (χ3v) is 3.03. The van der Waals surface area contributed by atoms with Gasteiger partial charge in [-0.3, -0.25) is 4.79 Å². The summed E-state index contributed by atoms with van der Waals surface area (Å²) in [7, 11) is 1.64. The molecule has 0 bridgehead atoms. The maximum absolute atomic E-state index is 10.5. The Kier molecular flexibility index (Phi) is 5.43. The fraction of sp³-hybridized carbons (Fsp3) is 0.700. The summed E-state index contributed by atoms with van der Waals surface area (Å²) in [5.41, 5.74) is 0. The van der Waals surface area contributed by atoms with Crippen LogP contribution in [0.15, 0.2) is 5.16 Å². The molecule has 0 atom stereocenters. The third-order valence-electron chi connectivity index (χ3n) is 2.11. The molecule has 0 fully saturated rings. The van der Waals surface area contributed by atoms with Gasteiger partial charge in [-0.2, -0.15) is 0 Å². The molecule has 6 nitrogen and oxygen atoms in total. The van der Waals surface area contributed by atoms with Crippen LogP contribution in [0.25, 0.3) is 0 Å². The molecule has 0 unspecified atom stereocenters. The van der Waals surface area contributed by atoms with Crippen LogP contribution in [0.1, 0.15) is 25.7 Å². The maximum atomic E-state index is 10.5. The number of ether oxygens (including phenoxy) is 1. The molecule has 7 heteroatoms. The lowest BCUT2D eigenvalue weighted by molar-refractivity contribution is -0.133. The van der Waals surface area contributed by atoms with Crippen molar-refractivity contribution in [1.29, 1.82) is 0 Å². The highest BCUT2D eigenvalue weighted by molar-refractivity contribution is 7.99. The normalized spacial score (nSPS) is 11.1. The minimum atomic E-state index is -0.855. The van der Waals surface area contributed by atoms with Gasteiger partial charge in [-0.25, -0.2) is 0 Å². The van der Waals surface area contributed by atoms with Crippen molar-refractivity contribution >= 4 is 17.7 Å². The minimum Gasteiger partial charge on any atom is -0.481 e. The van der Waals surface area contributed by atoms with Gasteiger partial charge >= 0.3 is 5.97 Å². The molecule has 96 valence electrons. The van der Waals surface area contributed by atoms with E-state index in [2.05, 4.69) is 10.2 Å². The number of carboxylic acid groups (broad SMARTS) is 1. The standard InChI is InChI=1S/C10H17N3O3S/c1-7(2)13-8(4-5-16-3)11-12-10(13)17-6-9(14)15/h7H,4-6H2,1-3H3,(H,14,15). The van der Waals surface area contributed by atoms with E-state index in [9.17, 15) is 4.79 Å². The maximum Gasteiger partial charge on any atom is 0.313 e. The summed E-state index contributed by atoms with van der Waals surface area (Å²) in [5, 5.41) is 17.4. The average molecular weight is 259 g/mol. The van der Waals surface area contributed by atoms with E-state index < -0.39 is 5.97 Å². The van der Waals surface area contributed by atoms with Crippen LogP contribution in [0, 0.1) is 0 Å². The van der Waals surface area contributed by atoms with E-state index >= 15 is 0 Å². The molecule has 17 heavy (non-hydrogen) atoms.